The minimum atomic E-state index is -0.0632. The quantitative estimate of drug-likeness (QED) is 0.768. The highest BCUT2D eigenvalue weighted by atomic mass is 16.5. The van der Waals surface area contributed by atoms with Crippen LogP contribution in [-0.4, -0.2) is 32.1 Å². The molecule has 0 spiro atoms. The summed E-state index contributed by atoms with van der Waals surface area (Å²) in [5, 5.41) is 0. The van der Waals surface area contributed by atoms with Gasteiger partial charge in [0.25, 0.3) is 0 Å². The van der Waals surface area contributed by atoms with Crippen LogP contribution in [0.1, 0.15) is 11.1 Å². The average molecular weight is 311 g/mol. The van der Waals surface area contributed by atoms with Gasteiger partial charge in [-0.05, 0) is 29.8 Å². The predicted molar refractivity (Wildman–Crippen MR) is 91.5 cm³/mol. The van der Waals surface area contributed by atoms with Crippen LogP contribution >= 0.6 is 0 Å². The molecule has 0 aliphatic carbocycles. The summed E-state index contributed by atoms with van der Waals surface area (Å²) in [6, 6.07) is 15.3. The molecule has 4 nitrogen and oxygen atoms in total. The molecular weight excluding hydrogens is 290 g/mol. The number of rotatable bonds is 6. The summed E-state index contributed by atoms with van der Waals surface area (Å²) < 4.78 is 10.4. The summed E-state index contributed by atoms with van der Waals surface area (Å²) in [4.78, 5) is 13.9. The van der Waals surface area contributed by atoms with Gasteiger partial charge in [0.05, 0.1) is 14.2 Å². The Hall–Kier alpha value is -2.75. The number of carbonyl (C=O) groups is 1. The number of likely N-dealkylation sites (N-methyl/N-ethyl adjacent to an activating group) is 1. The first kappa shape index (κ1) is 16.6. The molecule has 23 heavy (non-hydrogen) atoms. The van der Waals surface area contributed by atoms with Crippen molar-refractivity contribution in [2.24, 2.45) is 0 Å². The second-order valence-electron chi connectivity index (χ2n) is 5.12. The molecule has 0 aliphatic heterocycles. The Morgan fingerprint density at radius 3 is 2.39 bits per heavy atom. The Bertz CT molecular complexity index is 677. The third kappa shape index (κ3) is 4.61. The number of hydrogen-bond donors (Lipinski definition) is 0. The molecule has 0 unspecified atom stereocenters. The zero-order valence-electron chi connectivity index (χ0n) is 13.7. The summed E-state index contributed by atoms with van der Waals surface area (Å²) in [5.74, 6) is 1.49. The van der Waals surface area contributed by atoms with Crippen LogP contribution < -0.4 is 9.47 Å². The molecule has 0 aromatic heterocycles. The van der Waals surface area contributed by atoms with E-state index in [1.807, 2.05) is 48.5 Å². The normalized spacial score (nSPS) is 10.6. The number of amides is 1. The van der Waals surface area contributed by atoms with E-state index in [0.717, 1.165) is 22.6 Å². The molecule has 4 heteroatoms. The first-order valence-electron chi connectivity index (χ1n) is 7.33. The van der Waals surface area contributed by atoms with E-state index in [1.165, 1.54) is 0 Å². The maximum Gasteiger partial charge on any atom is 0.246 e. The topological polar surface area (TPSA) is 38.8 Å². The third-order valence-electron chi connectivity index (χ3n) is 3.50. The van der Waals surface area contributed by atoms with Gasteiger partial charge in [-0.2, -0.15) is 0 Å². The minimum absolute atomic E-state index is 0.0632. The Balaban J connectivity index is 2.00. The van der Waals surface area contributed by atoms with Crippen LogP contribution in [-0.2, 0) is 11.3 Å². The Morgan fingerprint density at radius 2 is 1.74 bits per heavy atom. The summed E-state index contributed by atoms with van der Waals surface area (Å²) in [6.07, 6.45) is 3.33. The van der Waals surface area contributed by atoms with E-state index < -0.39 is 0 Å². The van der Waals surface area contributed by atoms with Crippen LogP contribution in [0.5, 0.6) is 11.5 Å². The molecule has 0 heterocycles. The number of nitrogens with zero attached hydrogens (tertiary/aromatic N) is 1. The fourth-order valence-electron chi connectivity index (χ4n) is 2.18. The summed E-state index contributed by atoms with van der Waals surface area (Å²) in [7, 11) is 5.02. The Labute approximate surface area is 137 Å². The molecule has 0 saturated carbocycles. The van der Waals surface area contributed by atoms with Gasteiger partial charge in [0.2, 0.25) is 5.91 Å². The third-order valence-corrected chi connectivity index (χ3v) is 3.50. The van der Waals surface area contributed by atoms with Crippen molar-refractivity contribution in [2.45, 2.75) is 6.54 Å². The molecule has 0 saturated heterocycles. The van der Waals surface area contributed by atoms with Gasteiger partial charge in [-0.1, -0.05) is 30.3 Å². The van der Waals surface area contributed by atoms with Crippen LogP contribution in [0.2, 0.25) is 0 Å². The minimum Gasteiger partial charge on any atom is -0.497 e. The van der Waals surface area contributed by atoms with E-state index in [9.17, 15) is 4.79 Å². The summed E-state index contributed by atoms with van der Waals surface area (Å²) >= 11 is 0. The first-order valence-corrected chi connectivity index (χ1v) is 7.33. The maximum atomic E-state index is 12.2. The molecule has 0 fully saturated rings. The molecule has 2 aromatic carbocycles. The second kappa shape index (κ2) is 8.03. The lowest BCUT2D eigenvalue weighted by Gasteiger charge is -2.15. The van der Waals surface area contributed by atoms with Crippen LogP contribution in [0.4, 0.5) is 0 Å². The van der Waals surface area contributed by atoms with Gasteiger partial charge in [-0.15, -0.1) is 0 Å². The van der Waals surface area contributed by atoms with Gasteiger partial charge < -0.3 is 14.4 Å². The van der Waals surface area contributed by atoms with Crippen molar-refractivity contribution in [3.8, 4) is 11.5 Å². The lowest BCUT2D eigenvalue weighted by atomic mass is 10.1. The van der Waals surface area contributed by atoms with Crippen LogP contribution in [0.25, 0.3) is 6.08 Å². The molecular formula is C19H21NO3. The van der Waals surface area contributed by atoms with Crippen LogP contribution in [0, 0.1) is 0 Å². The molecule has 1 amide bonds. The molecule has 2 aromatic rings. The summed E-state index contributed by atoms with van der Waals surface area (Å²) in [6.45, 7) is 0.541. The SMILES string of the molecule is COc1ccc(CN(C)C(=O)/C=C/c2ccccc2OC)cc1. The Kier molecular flexibility index (Phi) is 5.80. The fraction of sp³-hybridized carbons (Fsp3) is 0.211. The molecule has 120 valence electrons. The highest BCUT2D eigenvalue weighted by Gasteiger charge is 2.06. The molecule has 0 N–H and O–H groups in total. The highest BCUT2D eigenvalue weighted by molar-refractivity contribution is 5.92. The van der Waals surface area contributed by atoms with Gasteiger partial charge in [0, 0.05) is 25.2 Å². The van der Waals surface area contributed by atoms with Crippen molar-refractivity contribution >= 4 is 12.0 Å². The number of carbonyl (C=O) groups excluding carboxylic acids is 1. The van der Waals surface area contributed by atoms with E-state index in [2.05, 4.69) is 0 Å². The first-order chi connectivity index (χ1) is 11.1. The predicted octanol–water partition coefficient (Wildman–Crippen LogP) is 3.38. The van der Waals surface area contributed by atoms with Crippen molar-refractivity contribution in [2.75, 3.05) is 21.3 Å². The molecule has 0 radical (unpaired) electrons. The number of para-hydroxylation sites is 1. The van der Waals surface area contributed by atoms with Gasteiger partial charge in [0.15, 0.2) is 0 Å². The lowest BCUT2D eigenvalue weighted by molar-refractivity contribution is -0.125. The van der Waals surface area contributed by atoms with Gasteiger partial charge in [0.1, 0.15) is 11.5 Å². The fourth-order valence-corrected chi connectivity index (χ4v) is 2.18. The maximum absolute atomic E-state index is 12.2. The number of hydrogen-bond acceptors (Lipinski definition) is 3. The molecule has 2 rings (SSSR count). The number of benzene rings is 2. The van der Waals surface area contributed by atoms with E-state index in [0.29, 0.717) is 6.54 Å². The van der Waals surface area contributed by atoms with Crippen LogP contribution in [0.15, 0.2) is 54.6 Å². The average Bonchev–Trinajstić information content (AvgIpc) is 2.60. The van der Waals surface area contributed by atoms with E-state index >= 15 is 0 Å². The van der Waals surface area contributed by atoms with E-state index in [1.54, 1.807) is 38.3 Å². The molecule has 0 atom stereocenters. The number of ether oxygens (including phenoxy) is 2. The van der Waals surface area contributed by atoms with Gasteiger partial charge in [-0.25, -0.2) is 0 Å². The van der Waals surface area contributed by atoms with Crippen molar-refractivity contribution in [1.82, 2.24) is 4.90 Å². The molecule has 0 bridgehead atoms. The standard InChI is InChI=1S/C19H21NO3/c1-20(14-15-8-11-17(22-2)12-9-15)19(21)13-10-16-6-4-5-7-18(16)23-3/h4-13H,14H2,1-3H3/b13-10+. The van der Waals surface area contributed by atoms with Crippen LogP contribution in [0.3, 0.4) is 0 Å². The van der Waals surface area contributed by atoms with E-state index in [4.69, 9.17) is 9.47 Å². The van der Waals surface area contributed by atoms with Crippen molar-refractivity contribution in [3.05, 3.63) is 65.7 Å². The summed E-state index contributed by atoms with van der Waals surface area (Å²) in [5.41, 5.74) is 1.92. The Morgan fingerprint density at radius 1 is 1.04 bits per heavy atom. The van der Waals surface area contributed by atoms with Gasteiger partial charge in [-0.3, -0.25) is 4.79 Å². The van der Waals surface area contributed by atoms with E-state index in [-0.39, 0.29) is 5.91 Å². The second-order valence-corrected chi connectivity index (χ2v) is 5.12. The van der Waals surface area contributed by atoms with Crippen molar-refractivity contribution < 1.29 is 14.3 Å². The molecule has 0 aliphatic rings. The zero-order valence-corrected chi connectivity index (χ0v) is 13.7. The highest BCUT2D eigenvalue weighted by Crippen LogP contribution is 2.19. The monoisotopic (exact) mass is 311 g/mol. The van der Waals surface area contributed by atoms with Crippen molar-refractivity contribution in [1.29, 1.82) is 0 Å². The lowest BCUT2D eigenvalue weighted by Crippen LogP contribution is -2.24. The smallest absolute Gasteiger partial charge is 0.246 e. The van der Waals surface area contributed by atoms with Crippen molar-refractivity contribution in [3.63, 3.8) is 0 Å². The number of methoxy groups -OCH3 is 2. The van der Waals surface area contributed by atoms with Gasteiger partial charge >= 0.3 is 0 Å². The largest absolute Gasteiger partial charge is 0.497 e. The zero-order chi connectivity index (χ0) is 16.7.